The number of hydrogen-bond donors (Lipinski definition) is 0. The van der Waals surface area contributed by atoms with Crippen molar-refractivity contribution in [2.24, 2.45) is 0 Å². The monoisotopic (exact) mass is 422 g/mol. The zero-order valence-corrected chi connectivity index (χ0v) is 20.5. The lowest BCUT2D eigenvalue weighted by Gasteiger charge is -1.88. The van der Waals surface area contributed by atoms with E-state index in [2.05, 4.69) is 22.6 Å². The van der Waals surface area contributed by atoms with Crippen LogP contribution in [-0.4, -0.2) is 34.6 Å². The van der Waals surface area contributed by atoms with Crippen LogP contribution in [0.3, 0.4) is 0 Å². The number of rotatable bonds is 4. The zero-order chi connectivity index (χ0) is 24.7. The van der Waals surface area contributed by atoms with E-state index in [4.69, 9.17) is 0 Å². The third-order valence-electron chi connectivity index (χ3n) is 1.62. The third kappa shape index (κ3) is 148. The number of halogens is 3. The largest absolute Gasteiger partial charge is 0.388 e. The fourth-order valence-electron chi connectivity index (χ4n) is 1.01. The predicted molar refractivity (Wildman–Crippen MR) is 126 cm³/mol. The average Bonchev–Trinajstić information content (AvgIpc) is 2.58. The maximum Gasteiger partial charge on any atom is 0.386 e. The van der Waals surface area contributed by atoms with Crippen LogP contribution in [0.4, 0.5) is 13.2 Å². The van der Waals surface area contributed by atoms with Gasteiger partial charge in [0.05, 0.1) is 0 Å². The molecule has 0 aromatic rings. The minimum Gasteiger partial charge on any atom is -0.388 e. The molecule has 0 saturated heterocycles. The van der Waals surface area contributed by atoms with E-state index in [1.807, 2.05) is 78.0 Å². The van der Waals surface area contributed by atoms with Crippen LogP contribution >= 0.6 is 0 Å². The quantitative estimate of drug-likeness (QED) is 0.423. The molecule has 0 amide bonds. The molecular formula is C24H45F3O2. The van der Waals surface area contributed by atoms with Crippen LogP contribution in [0.5, 0.6) is 0 Å². The van der Waals surface area contributed by atoms with Gasteiger partial charge in [0.1, 0.15) is 0 Å². The van der Waals surface area contributed by atoms with Gasteiger partial charge in [-0.2, -0.15) is 13.2 Å². The highest BCUT2D eigenvalue weighted by molar-refractivity contribution is 5.20. The van der Waals surface area contributed by atoms with Crippen molar-refractivity contribution in [2.45, 2.75) is 54.6 Å². The second-order valence-electron chi connectivity index (χ2n) is 4.89. The molecule has 5 heteroatoms. The van der Waals surface area contributed by atoms with Crippen LogP contribution in [0, 0.1) is 0 Å². The molecule has 0 aliphatic heterocycles. The SMILES string of the molecule is C=C/C=C(C)\C=C/C.C=C/C=C(C)\C=C/C.CC.CC(F)(F)F.COC.COC. The van der Waals surface area contributed by atoms with Crippen molar-refractivity contribution in [2.75, 3.05) is 28.4 Å². The molecule has 0 rings (SSSR count). The molecule has 0 heterocycles. The molecule has 174 valence electrons. The van der Waals surface area contributed by atoms with Gasteiger partial charge in [0.2, 0.25) is 0 Å². The van der Waals surface area contributed by atoms with E-state index < -0.39 is 6.18 Å². The number of ether oxygens (including phenoxy) is 2. The number of alkyl halides is 3. The summed E-state index contributed by atoms with van der Waals surface area (Å²) in [6.07, 6.45) is 11.6. The smallest absolute Gasteiger partial charge is 0.386 e. The minimum absolute atomic E-state index is 0.188. The van der Waals surface area contributed by atoms with Gasteiger partial charge in [-0.3, -0.25) is 0 Å². The molecule has 0 unspecified atom stereocenters. The van der Waals surface area contributed by atoms with E-state index in [0.717, 1.165) is 0 Å². The van der Waals surface area contributed by atoms with E-state index in [1.54, 1.807) is 40.6 Å². The van der Waals surface area contributed by atoms with Gasteiger partial charge in [-0.25, -0.2) is 0 Å². The Bertz CT molecular complexity index is 376. The number of methoxy groups -OCH3 is 2. The summed E-state index contributed by atoms with van der Waals surface area (Å²) >= 11 is 0. The zero-order valence-electron chi connectivity index (χ0n) is 20.5. The highest BCUT2D eigenvalue weighted by Crippen LogP contribution is 2.10. The Morgan fingerprint density at radius 1 is 0.724 bits per heavy atom. The Balaban J connectivity index is -0.0000000589. The average molecular weight is 423 g/mol. The van der Waals surface area contributed by atoms with Crippen LogP contribution in [0.25, 0.3) is 0 Å². The van der Waals surface area contributed by atoms with Crippen molar-refractivity contribution in [3.63, 3.8) is 0 Å². The van der Waals surface area contributed by atoms with Gasteiger partial charge >= 0.3 is 6.18 Å². The van der Waals surface area contributed by atoms with Crippen LogP contribution in [0.2, 0.25) is 0 Å². The topological polar surface area (TPSA) is 18.5 Å². The fourth-order valence-corrected chi connectivity index (χ4v) is 1.01. The van der Waals surface area contributed by atoms with E-state index in [0.29, 0.717) is 0 Å². The Hall–Kier alpha value is -1.85. The van der Waals surface area contributed by atoms with Crippen LogP contribution in [0.1, 0.15) is 48.5 Å². The second kappa shape index (κ2) is 40.7. The molecule has 0 radical (unpaired) electrons. The molecule has 0 aliphatic rings. The molecule has 0 N–H and O–H groups in total. The van der Waals surface area contributed by atoms with Gasteiger partial charge in [0, 0.05) is 35.4 Å². The Morgan fingerprint density at radius 3 is 1.00 bits per heavy atom. The van der Waals surface area contributed by atoms with Gasteiger partial charge < -0.3 is 9.47 Å². The Labute approximate surface area is 179 Å². The van der Waals surface area contributed by atoms with Gasteiger partial charge in [-0.05, 0) is 27.7 Å². The van der Waals surface area contributed by atoms with Crippen LogP contribution in [0.15, 0.2) is 72.9 Å². The highest BCUT2D eigenvalue weighted by Gasteiger charge is 2.15. The van der Waals surface area contributed by atoms with E-state index >= 15 is 0 Å². The predicted octanol–water partition coefficient (Wildman–Crippen LogP) is 8.51. The van der Waals surface area contributed by atoms with Crippen molar-refractivity contribution in [1.82, 2.24) is 0 Å². The fraction of sp³-hybridized carbons (Fsp3) is 0.500. The summed E-state index contributed by atoms with van der Waals surface area (Å²) in [6.45, 7) is 19.4. The first-order valence-electron chi connectivity index (χ1n) is 9.16. The second-order valence-corrected chi connectivity index (χ2v) is 4.89. The Kier molecular flexibility index (Phi) is 58.3. The molecule has 0 spiro atoms. The van der Waals surface area contributed by atoms with Gasteiger partial charge in [0.25, 0.3) is 0 Å². The van der Waals surface area contributed by atoms with Crippen molar-refractivity contribution in [3.8, 4) is 0 Å². The van der Waals surface area contributed by atoms with Gasteiger partial charge in [0.15, 0.2) is 0 Å². The maximum atomic E-state index is 10.4. The number of hydrogen-bond acceptors (Lipinski definition) is 2. The molecule has 0 saturated carbocycles. The van der Waals surface area contributed by atoms with E-state index in [9.17, 15) is 13.2 Å². The molecule has 0 aromatic heterocycles. The molecule has 0 bridgehead atoms. The summed E-state index contributed by atoms with van der Waals surface area (Å²) in [5.74, 6) is 0. The van der Waals surface area contributed by atoms with Crippen LogP contribution in [-0.2, 0) is 9.47 Å². The number of allylic oxidation sites excluding steroid dienone is 10. The van der Waals surface area contributed by atoms with Crippen molar-refractivity contribution in [1.29, 1.82) is 0 Å². The third-order valence-corrected chi connectivity index (χ3v) is 1.62. The first kappa shape index (κ1) is 41.5. The lowest BCUT2D eigenvalue weighted by Crippen LogP contribution is -1.95. The minimum atomic E-state index is -4.00. The van der Waals surface area contributed by atoms with E-state index in [1.165, 1.54) is 11.1 Å². The summed E-state index contributed by atoms with van der Waals surface area (Å²) in [6, 6.07) is 0. The standard InChI is InChI=1S/2C8H12.C2H3F3.2C2H6O.C2H6/c2*1-4-6-8(3)7-5-2;1-2(3,4)5;2*1-3-2;1-2/h2*4-7H,1H2,2-3H3;1H3;2*1-2H3;1-2H3/b2*7-5-,8-6-;;;;. The van der Waals surface area contributed by atoms with Crippen molar-refractivity contribution < 1.29 is 22.6 Å². The first-order chi connectivity index (χ1) is 13.4. The lowest BCUT2D eigenvalue weighted by atomic mass is 10.2. The molecule has 0 atom stereocenters. The lowest BCUT2D eigenvalue weighted by molar-refractivity contribution is -0.110. The van der Waals surface area contributed by atoms with Gasteiger partial charge in [-0.15, -0.1) is 0 Å². The normalized spacial score (nSPS) is 10.4. The summed E-state index contributed by atoms with van der Waals surface area (Å²) in [7, 11) is 6.50. The molecule has 0 aliphatic carbocycles. The van der Waals surface area contributed by atoms with Crippen molar-refractivity contribution in [3.05, 3.63) is 72.9 Å². The van der Waals surface area contributed by atoms with Gasteiger partial charge in [-0.1, -0.05) is 86.8 Å². The maximum absolute atomic E-state index is 10.4. The molecule has 0 aromatic carbocycles. The summed E-state index contributed by atoms with van der Waals surface area (Å²) < 4.78 is 39.6. The van der Waals surface area contributed by atoms with Crippen LogP contribution < -0.4 is 0 Å². The highest BCUT2D eigenvalue weighted by atomic mass is 19.4. The summed E-state index contributed by atoms with van der Waals surface area (Å²) in [4.78, 5) is 0. The summed E-state index contributed by atoms with van der Waals surface area (Å²) in [5.41, 5.74) is 2.48. The summed E-state index contributed by atoms with van der Waals surface area (Å²) in [5, 5.41) is 0. The van der Waals surface area contributed by atoms with E-state index in [-0.39, 0.29) is 6.92 Å². The first-order valence-corrected chi connectivity index (χ1v) is 9.16. The Morgan fingerprint density at radius 2 is 0.897 bits per heavy atom. The van der Waals surface area contributed by atoms with Crippen molar-refractivity contribution >= 4 is 0 Å². The molecule has 0 fully saturated rings. The molecular weight excluding hydrogens is 377 g/mol. The molecule has 2 nitrogen and oxygen atoms in total. The molecule has 29 heavy (non-hydrogen) atoms.